The van der Waals surface area contributed by atoms with E-state index in [0.29, 0.717) is 5.56 Å². The molecule has 1 heterocycles. The van der Waals surface area contributed by atoms with Crippen LogP contribution in [0.1, 0.15) is 16.1 Å². The molecule has 19 heavy (non-hydrogen) atoms. The number of carbonyl (C=O) groups is 1. The van der Waals surface area contributed by atoms with Crippen molar-refractivity contribution in [1.82, 2.24) is 5.10 Å². The molecule has 0 amide bonds. The molecule has 0 fully saturated rings. The smallest absolute Gasteiger partial charge is 0.236 e. The maximum Gasteiger partial charge on any atom is 0.236 e. The summed E-state index contributed by atoms with van der Waals surface area (Å²) in [5.74, 6) is 0.772. The van der Waals surface area contributed by atoms with Crippen LogP contribution < -0.4 is 26.4 Å². The van der Waals surface area contributed by atoms with Gasteiger partial charge in [0.1, 0.15) is 11.4 Å². The molecule has 0 radical (unpaired) electrons. The third-order valence-corrected chi connectivity index (χ3v) is 2.60. The molecule has 0 aliphatic heterocycles. The van der Waals surface area contributed by atoms with Crippen molar-refractivity contribution in [3.63, 3.8) is 0 Å². The topological polar surface area (TPSA) is 43.1 Å². The fourth-order valence-electron chi connectivity index (χ4n) is 1.65. The number of Topliss-reactive ketones (excluding diaryl/α,β-unsaturated/α-hetero) is 1. The number of rotatable bonds is 4. The van der Waals surface area contributed by atoms with Crippen molar-refractivity contribution < 1.29 is 31.2 Å². The summed E-state index contributed by atoms with van der Waals surface area (Å²) in [7, 11) is 1.60. The zero-order valence-electron chi connectivity index (χ0n) is 10.8. The zero-order valence-corrected chi connectivity index (χ0v) is 12.4. The van der Waals surface area contributed by atoms with E-state index in [2.05, 4.69) is 5.10 Å². The summed E-state index contributed by atoms with van der Waals surface area (Å²) in [5, 5.41) is 4.24. The highest BCUT2D eigenvalue weighted by Crippen LogP contribution is 2.11. The lowest BCUT2D eigenvalue weighted by atomic mass is 10.1. The van der Waals surface area contributed by atoms with Crippen LogP contribution in [0.4, 0.5) is 0 Å². The number of hydrogen-bond donors (Lipinski definition) is 0. The summed E-state index contributed by atoms with van der Waals surface area (Å²) in [5.41, 5.74) is 1.55. The molecule has 0 spiro atoms. The number of hydrogen-bond acceptors (Lipinski definition) is 3. The maximum absolute atomic E-state index is 12.0. The molecule has 2 rings (SSSR count). The third kappa shape index (κ3) is 4.13. The quantitative estimate of drug-likeness (QED) is 0.512. The number of ether oxygens (including phenoxy) is 1. The maximum atomic E-state index is 12.0. The van der Waals surface area contributed by atoms with E-state index in [1.54, 1.807) is 42.3 Å². The van der Waals surface area contributed by atoms with Crippen LogP contribution in [0.25, 0.3) is 0 Å². The number of carbonyl (C=O) groups excluding carboxylic acids is 1. The van der Waals surface area contributed by atoms with E-state index in [4.69, 9.17) is 4.74 Å². The standard InChI is InChI=1S/C14H15N2O2.BrH/c1-11-4-3-9-16(15-11)10-14(17)12-5-7-13(18-2)8-6-12;/h3-9H,10H2,1-2H3;1H/q+1;/p-1. The molecular weight excluding hydrogens is 308 g/mol. The average molecular weight is 323 g/mol. The molecule has 100 valence electrons. The summed E-state index contributed by atoms with van der Waals surface area (Å²) >= 11 is 0. The summed E-state index contributed by atoms with van der Waals surface area (Å²) in [6.45, 7) is 2.14. The number of benzene rings is 1. The number of aromatic nitrogens is 2. The normalized spacial score (nSPS) is 9.58. The highest BCUT2D eigenvalue weighted by atomic mass is 79.9. The molecule has 0 aliphatic carbocycles. The predicted molar refractivity (Wildman–Crippen MR) is 66.5 cm³/mol. The van der Waals surface area contributed by atoms with Crippen LogP contribution in [-0.4, -0.2) is 18.0 Å². The first-order valence-electron chi connectivity index (χ1n) is 5.69. The Morgan fingerprint density at radius 2 is 1.95 bits per heavy atom. The van der Waals surface area contributed by atoms with Crippen LogP contribution in [0, 0.1) is 6.92 Å². The van der Waals surface area contributed by atoms with Gasteiger partial charge >= 0.3 is 0 Å². The van der Waals surface area contributed by atoms with Gasteiger partial charge in [0, 0.05) is 11.6 Å². The number of halogens is 1. The SMILES string of the molecule is COc1ccc(C(=O)C[n+]2cccc(C)n2)cc1.[Br-]. The minimum atomic E-state index is 0. The lowest BCUT2D eigenvalue weighted by molar-refractivity contribution is -0.741. The minimum Gasteiger partial charge on any atom is -1.00 e. The zero-order chi connectivity index (χ0) is 13.0. The van der Waals surface area contributed by atoms with Crippen molar-refractivity contribution >= 4 is 5.78 Å². The lowest BCUT2D eigenvalue weighted by Gasteiger charge is -2.00. The summed E-state index contributed by atoms with van der Waals surface area (Å²) < 4.78 is 6.69. The highest BCUT2D eigenvalue weighted by Gasteiger charge is 2.13. The van der Waals surface area contributed by atoms with Crippen LogP contribution in [-0.2, 0) is 6.54 Å². The van der Waals surface area contributed by atoms with Gasteiger partial charge < -0.3 is 21.7 Å². The average Bonchev–Trinajstić information content (AvgIpc) is 2.39. The molecule has 0 unspecified atom stereocenters. The van der Waals surface area contributed by atoms with E-state index in [1.807, 2.05) is 19.1 Å². The first-order chi connectivity index (χ1) is 8.69. The van der Waals surface area contributed by atoms with Gasteiger partial charge in [-0.1, -0.05) is 4.68 Å². The Kier molecular flexibility index (Phi) is 5.63. The van der Waals surface area contributed by atoms with Gasteiger partial charge in [0.2, 0.25) is 12.3 Å². The lowest BCUT2D eigenvalue weighted by Crippen LogP contribution is -3.00. The monoisotopic (exact) mass is 322 g/mol. The molecule has 1 aromatic heterocycles. The van der Waals surface area contributed by atoms with Crippen LogP contribution in [0.3, 0.4) is 0 Å². The van der Waals surface area contributed by atoms with Crippen molar-refractivity contribution in [3.8, 4) is 5.75 Å². The van der Waals surface area contributed by atoms with E-state index >= 15 is 0 Å². The Balaban J connectivity index is 0.00000180. The van der Waals surface area contributed by atoms with E-state index in [1.165, 1.54) is 0 Å². The minimum absolute atomic E-state index is 0. The van der Waals surface area contributed by atoms with Gasteiger partial charge in [-0.15, -0.1) is 0 Å². The summed E-state index contributed by atoms with van der Waals surface area (Å²) in [4.78, 5) is 12.0. The molecule has 0 atom stereocenters. The molecule has 0 aliphatic rings. The van der Waals surface area contributed by atoms with Gasteiger partial charge in [0.15, 0.2) is 6.20 Å². The second-order valence-electron chi connectivity index (χ2n) is 4.00. The van der Waals surface area contributed by atoms with Crippen LogP contribution in [0.2, 0.25) is 0 Å². The second kappa shape index (κ2) is 6.99. The molecule has 0 saturated carbocycles. The Morgan fingerprint density at radius 1 is 1.26 bits per heavy atom. The molecule has 0 N–H and O–H groups in total. The van der Waals surface area contributed by atoms with Crippen molar-refractivity contribution in [2.45, 2.75) is 13.5 Å². The molecule has 1 aromatic carbocycles. The largest absolute Gasteiger partial charge is 1.00 e. The van der Waals surface area contributed by atoms with Crippen LogP contribution in [0.5, 0.6) is 5.75 Å². The Bertz CT molecular complexity index is 556. The number of aryl methyl sites for hydroxylation is 1. The highest BCUT2D eigenvalue weighted by molar-refractivity contribution is 5.95. The first-order valence-corrected chi connectivity index (χ1v) is 5.69. The van der Waals surface area contributed by atoms with Crippen molar-refractivity contribution in [2.24, 2.45) is 0 Å². The molecule has 4 nitrogen and oxygen atoms in total. The van der Waals surface area contributed by atoms with Gasteiger partial charge in [-0.25, -0.2) is 0 Å². The van der Waals surface area contributed by atoms with Crippen LogP contribution >= 0.6 is 0 Å². The second-order valence-corrected chi connectivity index (χ2v) is 4.00. The Hall–Kier alpha value is -1.75. The van der Waals surface area contributed by atoms with E-state index in [0.717, 1.165) is 11.4 Å². The van der Waals surface area contributed by atoms with Gasteiger partial charge in [-0.05, 0) is 42.4 Å². The van der Waals surface area contributed by atoms with Gasteiger partial charge in [0.25, 0.3) is 0 Å². The summed E-state index contributed by atoms with van der Waals surface area (Å²) in [6.07, 6.45) is 1.79. The molecule has 5 heteroatoms. The van der Waals surface area contributed by atoms with Crippen LogP contribution in [0.15, 0.2) is 42.6 Å². The van der Waals surface area contributed by atoms with Gasteiger partial charge in [-0.2, -0.15) is 0 Å². The third-order valence-electron chi connectivity index (χ3n) is 2.60. The van der Waals surface area contributed by atoms with Crippen molar-refractivity contribution in [2.75, 3.05) is 7.11 Å². The number of nitrogens with zero attached hydrogens (tertiary/aromatic N) is 2. The fraction of sp³-hybridized carbons (Fsp3) is 0.214. The number of ketones is 1. The molecule has 2 aromatic rings. The van der Waals surface area contributed by atoms with E-state index in [9.17, 15) is 4.79 Å². The predicted octanol–water partition coefficient (Wildman–Crippen LogP) is -1.43. The molecule has 0 saturated heterocycles. The van der Waals surface area contributed by atoms with E-state index in [-0.39, 0.29) is 29.3 Å². The van der Waals surface area contributed by atoms with Crippen molar-refractivity contribution in [3.05, 3.63) is 53.9 Å². The fourth-order valence-corrected chi connectivity index (χ4v) is 1.65. The van der Waals surface area contributed by atoms with E-state index < -0.39 is 0 Å². The molecule has 0 bridgehead atoms. The van der Waals surface area contributed by atoms with Crippen molar-refractivity contribution in [1.29, 1.82) is 0 Å². The van der Waals surface area contributed by atoms with Gasteiger partial charge in [0.05, 0.1) is 7.11 Å². The Morgan fingerprint density at radius 3 is 2.53 bits per heavy atom. The first kappa shape index (κ1) is 15.3. The Labute approximate surface area is 122 Å². The number of methoxy groups -OCH3 is 1. The summed E-state index contributed by atoms with van der Waals surface area (Å²) in [6, 6.07) is 10.9. The molecular formula is C14H15BrN2O2. The van der Waals surface area contributed by atoms with Gasteiger partial charge in [-0.3, -0.25) is 4.79 Å².